The summed E-state index contributed by atoms with van der Waals surface area (Å²) in [5, 5.41) is 7.31. The van der Waals surface area contributed by atoms with E-state index in [0.717, 1.165) is 18.3 Å². The van der Waals surface area contributed by atoms with Crippen LogP contribution in [0.3, 0.4) is 0 Å². The van der Waals surface area contributed by atoms with Gasteiger partial charge in [0.2, 0.25) is 0 Å². The summed E-state index contributed by atoms with van der Waals surface area (Å²) in [5.41, 5.74) is 0. The minimum absolute atomic E-state index is 0.558. The third-order valence-corrected chi connectivity index (χ3v) is 2.96. The Balaban J connectivity index is 1.72. The van der Waals surface area contributed by atoms with Crippen LogP contribution in [0.4, 0.5) is 0 Å². The Morgan fingerprint density at radius 2 is 2.11 bits per heavy atom. The molecule has 0 amide bonds. The van der Waals surface area contributed by atoms with E-state index in [1.54, 1.807) is 0 Å². The van der Waals surface area contributed by atoms with Crippen LogP contribution in [0.2, 0.25) is 5.02 Å². The van der Waals surface area contributed by atoms with Gasteiger partial charge in [-0.3, -0.25) is 0 Å². The van der Waals surface area contributed by atoms with E-state index >= 15 is 0 Å². The highest BCUT2D eigenvalue weighted by atomic mass is 35.5. The Hall–Kier alpha value is -1.42. The molecule has 0 unspecified atom stereocenters. The molecule has 1 aliphatic rings. The lowest BCUT2D eigenvalue weighted by molar-refractivity contribution is 0.328. The van der Waals surface area contributed by atoms with Crippen molar-refractivity contribution >= 4 is 17.6 Å². The highest BCUT2D eigenvalue weighted by molar-refractivity contribution is 6.30. The molecule has 0 aliphatic heterocycles. The fraction of sp³-hybridized carbons (Fsp3) is 0.500. The zero-order valence-electron chi connectivity index (χ0n) is 11.2. The number of rotatable bonds is 6. The van der Waals surface area contributed by atoms with Crippen molar-refractivity contribution in [3.63, 3.8) is 0 Å². The van der Waals surface area contributed by atoms with Crippen molar-refractivity contribution in [2.24, 2.45) is 4.99 Å². The SMILES string of the molecule is CCNC(=NCCOc1ccc(Cl)cc1)NC1CC1. The number of hydrogen-bond acceptors (Lipinski definition) is 2. The zero-order valence-corrected chi connectivity index (χ0v) is 11.9. The fourth-order valence-electron chi connectivity index (χ4n) is 1.59. The van der Waals surface area contributed by atoms with Crippen molar-refractivity contribution in [3.8, 4) is 5.75 Å². The Labute approximate surface area is 119 Å². The maximum atomic E-state index is 5.81. The number of ether oxygens (including phenoxy) is 1. The van der Waals surface area contributed by atoms with Gasteiger partial charge in [0.15, 0.2) is 5.96 Å². The molecular weight excluding hydrogens is 262 g/mol. The van der Waals surface area contributed by atoms with E-state index in [4.69, 9.17) is 16.3 Å². The van der Waals surface area contributed by atoms with E-state index in [1.165, 1.54) is 12.8 Å². The second-order valence-electron chi connectivity index (χ2n) is 4.48. The average molecular weight is 282 g/mol. The molecule has 4 nitrogen and oxygen atoms in total. The number of hydrogen-bond donors (Lipinski definition) is 2. The van der Waals surface area contributed by atoms with Gasteiger partial charge in [-0.15, -0.1) is 0 Å². The van der Waals surface area contributed by atoms with Gasteiger partial charge in [0.25, 0.3) is 0 Å². The molecule has 0 radical (unpaired) electrons. The molecule has 19 heavy (non-hydrogen) atoms. The van der Waals surface area contributed by atoms with Gasteiger partial charge >= 0.3 is 0 Å². The number of benzene rings is 1. The van der Waals surface area contributed by atoms with E-state index in [-0.39, 0.29) is 0 Å². The molecule has 1 aliphatic carbocycles. The van der Waals surface area contributed by atoms with Crippen LogP contribution in [0.5, 0.6) is 5.75 Å². The normalized spacial score (nSPS) is 15.2. The van der Waals surface area contributed by atoms with Crippen LogP contribution in [-0.2, 0) is 0 Å². The quantitative estimate of drug-likeness (QED) is 0.478. The van der Waals surface area contributed by atoms with Crippen molar-refractivity contribution in [3.05, 3.63) is 29.3 Å². The summed E-state index contributed by atoms with van der Waals surface area (Å²) in [6.45, 7) is 4.12. The number of guanidine groups is 1. The van der Waals surface area contributed by atoms with Crippen LogP contribution in [0.1, 0.15) is 19.8 Å². The van der Waals surface area contributed by atoms with Crippen LogP contribution in [0, 0.1) is 0 Å². The molecule has 0 saturated heterocycles. The van der Waals surface area contributed by atoms with Crippen LogP contribution >= 0.6 is 11.6 Å². The predicted octanol–water partition coefficient (Wildman–Crippen LogP) is 2.44. The minimum Gasteiger partial charge on any atom is -0.492 e. The maximum Gasteiger partial charge on any atom is 0.191 e. The van der Waals surface area contributed by atoms with E-state index in [1.807, 2.05) is 24.3 Å². The standard InChI is InChI=1S/C14H20ClN3O/c1-2-16-14(18-12-5-6-12)17-9-10-19-13-7-3-11(15)4-8-13/h3-4,7-8,12H,2,5-6,9-10H2,1H3,(H2,16,17,18). The molecule has 104 valence electrons. The lowest BCUT2D eigenvalue weighted by Crippen LogP contribution is -2.38. The van der Waals surface area contributed by atoms with Gasteiger partial charge in [0.1, 0.15) is 12.4 Å². The van der Waals surface area contributed by atoms with E-state index in [9.17, 15) is 0 Å². The maximum absolute atomic E-state index is 5.81. The zero-order chi connectivity index (χ0) is 13.5. The molecule has 1 saturated carbocycles. The molecule has 0 heterocycles. The summed E-state index contributed by atoms with van der Waals surface area (Å²) in [6.07, 6.45) is 2.48. The van der Waals surface area contributed by atoms with Crippen LogP contribution in [0.15, 0.2) is 29.3 Å². The molecule has 0 atom stereocenters. The Kier molecular flexibility index (Phi) is 5.33. The topological polar surface area (TPSA) is 45.7 Å². The molecular formula is C14H20ClN3O. The summed E-state index contributed by atoms with van der Waals surface area (Å²) in [7, 11) is 0. The number of halogens is 1. The molecule has 0 bridgehead atoms. The van der Waals surface area contributed by atoms with Gasteiger partial charge in [-0.1, -0.05) is 11.6 Å². The third-order valence-electron chi connectivity index (χ3n) is 2.71. The first-order valence-corrected chi connectivity index (χ1v) is 7.09. The van der Waals surface area contributed by atoms with Crippen molar-refractivity contribution in [1.29, 1.82) is 0 Å². The van der Waals surface area contributed by atoms with E-state index in [0.29, 0.717) is 24.2 Å². The summed E-state index contributed by atoms with van der Waals surface area (Å²) < 4.78 is 5.59. The first kappa shape index (κ1) is 14.0. The molecule has 0 aromatic heterocycles. The smallest absolute Gasteiger partial charge is 0.191 e. The largest absolute Gasteiger partial charge is 0.492 e. The molecule has 1 aromatic rings. The first-order valence-electron chi connectivity index (χ1n) is 6.71. The highest BCUT2D eigenvalue weighted by Gasteiger charge is 2.21. The van der Waals surface area contributed by atoms with Gasteiger partial charge in [0.05, 0.1) is 6.54 Å². The summed E-state index contributed by atoms with van der Waals surface area (Å²) in [6, 6.07) is 7.96. The molecule has 1 aromatic carbocycles. The van der Waals surface area contributed by atoms with Gasteiger partial charge in [-0.05, 0) is 44.0 Å². The van der Waals surface area contributed by atoms with Gasteiger partial charge in [-0.25, -0.2) is 4.99 Å². The first-order chi connectivity index (χ1) is 9.28. The van der Waals surface area contributed by atoms with E-state index < -0.39 is 0 Å². The molecule has 0 spiro atoms. The fourth-order valence-corrected chi connectivity index (χ4v) is 1.72. The summed E-state index contributed by atoms with van der Waals surface area (Å²) >= 11 is 5.81. The molecule has 5 heteroatoms. The molecule has 2 rings (SSSR count). The summed E-state index contributed by atoms with van der Waals surface area (Å²) in [5.74, 6) is 1.70. The van der Waals surface area contributed by atoms with Crippen molar-refractivity contribution in [1.82, 2.24) is 10.6 Å². The number of nitrogens with zero attached hydrogens (tertiary/aromatic N) is 1. The molecule has 1 fully saturated rings. The second-order valence-corrected chi connectivity index (χ2v) is 4.92. The van der Waals surface area contributed by atoms with Gasteiger partial charge in [0, 0.05) is 17.6 Å². The minimum atomic E-state index is 0.558. The van der Waals surface area contributed by atoms with Gasteiger partial charge < -0.3 is 15.4 Å². The Morgan fingerprint density at radius 1 is 1.37 bits per heavy atom. The lowest BCUT2D eigenvalue weighted by Gasteiger charge is -2.10. The summed E-state index contributed by atoms with van der Waals surface area (Å²) in [4.78, 5) is 4.47. The molecule has 2 N–H and O–H groups in total. The van der Waals surface area contributed by atoms with E-state index in [2.05, 4.69) is 22.5 Å². The van der Waals surface area contributed by atoms with Crippen LogP contribution < -0.4 is 15.4 Å². The van der Waals surface area contributed by atoms with Crippen LogP contribution in [0.25, 0.3) is 0 Å². The monoisotopic (exact) mass is 281 g/mol. The predicted molar refractivity (Wildman–Crippen MR) is 79.1 cm³/mol. The van der Waals surface area contributed by atoms with Crippen molar-refractivity contribution in [2.45, 2.75) is 25.8 Å². The second kappa shape index (κ2) is 7.24. The Bertz CT molecular complexity index is 415. The lowest BCUT2D eigenvalue weighted by atomic mass is 10.3. The van der Waals surface area contributed by atoms with Crippen molar-refractivity contribution in [2.75, 3.05) is 19.7 Å². The average Bonchev–Trinajstić information content (AvgIpc) is 3.21. The van der Waals surface area contributed by atoms with Crippen molar-refractivity contribution < 1.29 is 4.74 Å². The van der Waals surface area contributed by atoms with Crippen LogP contribution in [-0.4, -0.2) is 31.7 Å². The van der Waals surface area contributed by atoms with Gasteiger partial charge in [-0.2, -0.15) is 0 Å². The number of nitrogens with one attached hydrogen (secondary N) is 2. The third kappa shape index (κ3) is 5.39. The Morgan fingerprint density at radius 3 is 2.74 bits per heavy atom. The highest BCUT2D eigenvalue weighted by Crippen LogP contribution is 2.18. The number of aliphatic imine (C=N–C) groups is 1.